The highest BCUT2D eigenvalue weighted by atomic mass is 16.1. The van der Waals surface area contributed by atoms with Gasteiger partial charge in [-0.2, -0.15) is 5.10 Å². The van der Waals surface area contributed by atoms with Crippen molar-refractivity contribution in [3.05, 3.63) is 18.5 Å². The molecule has 90 valence electrons. The number of hydrogen-bond donors (Lipinski definition) is 1. The van der Waals surface area contributed by atoms with Gasteiger partial charge in [0.2, 0.25) is 5.91 Å². The van der Waals surface area contributed by atoms with Gasteiger partial charge in [0.15, 0.2) is 0 Å². The summed E-state index contributed by atoms with van der Waals surface area (Å²) in [6.07, 6.45) is 3.65. The maximum Gasteiger partial charge on any atom is 0.231 e. The fourth-order valence-electron chi connectivity index (χ4n) is 1.50. The van der Waals surface area contributed by atoms with Gasteiger partial charge in [-0.1, -0.05) is 0 Å². The number of hydrogen-bond acceptors (Lipinski definition) is 3. The number of primary amides is 1. The lowest BCUT2D eigenvalue weighted by molar-refractivity contribution is -0.120. The molecular weight excluding hydrogens is 204 g/mol. The van der Waals surface area contributed by atoms with Crippen LogP contribution in [0.3, 0.4) is 0 Å². The highest BCUT2D eigenvalue weighted by molar-refractivity contribution is 5.76. The molecule has 0 spiro atoms. The molecule has 0 atom stereocenters. The van der Waals surface area contributed by atoms with Gasteiger partial charge in [-0.05, 0) is 26.8 Å². The Morgan fingerprint density at radius 1 is 1.50 bits per heavy atom. The molecule has 0 radical (unpaired) electrons. The van der Waals surface area contributed by atoms with E-state index in [0.717, 1.165) is 13.1 Å². The van der Waals surface area contributed by atoms with Gasteiger partial charge in [-0.25, -0.2) is 0 Å². The molecule has 1 amide bonds. The van der Waals surface area contributed by atoms with Crippen molar-refractivity contribution in [3.8, 4) is 0 Å². The minimum absolute atomic E-state index is 0.0673. The molecule has 5 nitrogen and oxygen atoms in total. The first-order chi connectivity index (χ1) is 7.39. The molecule has 1 aromatic rings. The van der Waals surface area contributed by atoms with Crippen LogP contribution in [-0.2, 0) is 11.3 Å². The monoisotopic (exact) mass is 224 g/mol. The lowest BCUT2D eigenvalue weighted by Crippen LogP contribution is -2.47. The lowest BCUT2D eigenvalue weighted by atomic mass is 10.1. The fraction of sp³-hybridized carbons (Fsp3) is 0.636. The third kappa shape index (κ3) is 4.02. The Morgan fingerprint density at radius 2 is 2.19 bits per heavy atom. The molecule has 0 saturated heterocycles. The van der Waals surface area contributed by atoms with Gasteiger partial charge in [-0.15, -0.1) is 0 Å². The Morgan fingerprint density at radius 3 is 2.62 bits per heavy atom. The van der Waals surface area contributed by atoms with E-state index in [-0.39, 0.29) is 18.0 Å². The summed E-state index contributed by atoms with van der Waals surface area (Å²) in [4.78, 5) is 13.0. The SMILES string of the molecule is CC(C)(C)N(CCn1cccn1)CC(N)=O. The minimum Gasteiger partial charge on any atom is -0.369 e. The van der Waals surface area contributed by atoms with Crippen LogP contribution in [0.15, 0.2) is 18.5 Å². The number of amides is 1. The van der Waals surface area contributed by atoms with Crippen molar-refractivity contribution in [2.24, 2.45) is 5.73 Å². The van der Waals surface area contributed by atoms with Gasteiger partial charge in [0, 0.05) is 24.5 Å². The highest BCUT2D eigenvalue weighted by Gasteiger charge is 2.22. The summed E-state index contributed by atoms with van der Waals surface area (Å²) in [6.45, 7) is 8.01. The number of carbonyl (C=O) groups excluding carboxylic acids is 1. The van der Waals surface area contributed by atoms with Crippen LogP contribution in [0.2, 0.25) is 0 Å². The number of aromatic nitrogens is 2. The molecule has 0 aromatic carbocycles. The molecule has 1 aromatic heterocycles. The third-order valence-corrected chi connectivity index (χ3v) is 2.45. The Balaban J connectivity index is 2.54. The summed E-state index contributed by atoms with van der Waals surface area (Å²) in [7, 11) is 0. The van der Waals surface area contributed by atoms with Crippen molar-refractivity contribution in [1.29, 1.82) is 0 Å². The predicted octanol–water partition coefficient (Wildman–Crippen LogP) is 0.469. The molecule has 0 aliphatic rings. The van der Waals surface area contributed by atoms with E-state index in [0.29, 0.717) is 0 Å². The first-order valence-electron chi connectivity index (χ1n) is 5.40. The average molecular weight is 224 g/mol. The van der Waals surface area contributed by atoms with Crippen LogP contribution in [0.25, 0.3) is 0 Å². The summed E-state index contributed by atoms with van der Waals surface area (Å²) >= 11 is 0. The molecule has 0 aliphatic carbocycles. The Kier molecular flexibility index (Phi) is 4.06. The molecule has 16 heavy (non-hydrogen) atoms. The second kappa shape index (κ2) is 5.12. The Hall–Kier alpha value is -1.36. The molecule has 1 heterocycles. The molecule has 0 unspecified atom stereocenters. The zero-order valence-corrected chi connectivity index (χ0v) is 10.2. The molecule has 2 N–H and O–H groups in total. The largest absolute Gasteiger partial charge is 0.369 e. The van der Waals surface area contributed by atoms with Gasteiger partial charge < -0.3 is 5.73 Å². The maximum atomic E-state index is 11.0. The van der Waals surface area contributed by atoms with E-state index in [9.17, 15) is 4.79 Å². The van der Waals surface area contributed by atoms with Crippen molar-refractivity contribution >= 4 is 5.91 Å². The molecular formula is C11H20N4O. The fourth-order valence-corrected chi connectivity index (χ4v) is 1.50. The standard InChI is InChI=1S/C11H20N4O/c1-11(2,3)14(9-10(12)16)7-8-15-6-4-5-13-15/h4-6H,7-9H2,1-3H3,(H2,12,16). The van der Waals surface area contributed by atoms with Crippen LogP contribution >= 0.6 is 0 Å². The van der Waals surface area contributed by atoms with Gasteiger partial charge >= 0.3 is 0 Å². The van der Waals surface area contributed by atoms with E-state index in [1.165, 1.54) is 0 Å². The Bertz CT molecular complexity index is 326. The molecule has 0 saturated carbocycles. The summed E-state index contributed by atoms with van der Waals surface area (Å²) in [6, 6.07) is 1.88. The normalized spacial score (nSPS) is 12.0. The third-order valence-electron chi connectivity index (χ3n) is 2.45. The van der Waals surface area contributed by atoms with Gasteiger partial charge in [0.1, 0.15) is 0 Å². The first-order valence-corrected chi connectivity index (χ1v) is 5.40. The van der Waals surface area contributed by atoms with Crippen molar-refractivity contribution in [2.75, 3.05) is 13.1 Å². The van der Waals surface area contributed by atoms with E-state index in [2.05, 4.69) is 30.8 Å². The number of rotatable bonds is 5. The van der Waals surface area contributed by atoms with Gasteiger partial charge in [0.05, 0.1) is 13.1 Å². The molecule has 0 fully saturated rings. The smallest absolute Gasteiger partial charge is 0.231 e. The second-order valence-corrected chi connectivity index (χ2v) is 4.83. The van der Waals surface area contributed by atoms with Crippen molar-refractivity contribution in [2.45, 2.75) is 32.9 Å². The van der Waals surface area contributed by atoms with E-state index in [1.807, 2.05) is 16.9 Å². The van der Waals surface area contributed by atoms with Crippen LogP contribution in [0.4, 0.5) is 0 Å². The number of nitrogens with two attached hydrogens (primary N) is 1. The summed E-state index contributed by atoms with van der Waals surface area (Å²) in [5.41, 5.74) is 5.17. The maximum absolute atomic E-state index is 11.0. The molecule has 1 rings (SSSR count). The quantitative estimate of drug-likeness (QED) is 0.790. The molecule has 5 heteroatoms. The van der Waals surface area contributed by atoms with E-state index >= 15 is 0 Å². The minimum atomic E-state index is -0.296. The van der Waals surface area contributed by atoms with Gasteiger partial charge in [0.25, 0.3) is 0 Å². The molecule has 0 bridgehead atoms. The summed E-state index contributed by atoms with van der Waals surface area (Å²) in [5, 5.41) is 4.12. The van der Waals surface area contributed by atoms with Gasteiger partial charge in [-0.3, -0.25) is 14.4 Å². The van der Waals surface area contributed by atoms with Crippen molar-refractivity contribution < 1.29 is 4.79 Å². The molecule has 0 aliphatic heterocycles. The number of nitrogens with zero attached hydrogens (tertiary/aromatic N) is 3. The predicted molar refractivity (Wildman–Crippen MR) is 62.7 cm³/mol. The van der Waals surface area contributed by atoms with Crippen LogP contribution in [0, 0.1) is 0 Å². The van der Waals surface area contributed by atoms with Crippen LogP contribution < -0.4 is 5.73 Å². The topological polar surface area (TPSA) is 64.2 Å². The zero-order chi connectivity index (χ0) is 12.2. The van der Waals surface area contributed by atoms with Crippen LogP contribution in [0.5, 0.6) is 0 Å². The number of carbonyl (C=O) groups is 1. The lowest BCUT2D eigenvalue weighted by Gasteiger charge is -2.34. The Labute approximate surface area is 96.2 Å². The summed E-state index contributed by atoms with van der Waals surface area (Å²) in [5.74, 6) is -0.296. The first kappa shape index (κ1) is 12.7. The average Bonchev–Trinajstić information content (AvgIpc) is 2.62. The van der Waals surface area contributed by atoms with E-state index in [4.69, 9.17) is 5.73 Å². The highest BCUT2D eigenvalue weighted by Crippen LogP contribution is 2.12. The van der Waals surface area contributed by atoms with Crippen LogP contribution in [0.1, 0.15) is 20.8 Å². The van der Waals surface area contributed by atoms with Crippen molar-refractivity contribution in [1.82, 2.24) is 14.7 Å². The summed E-state index contributed by atoms with van der Waals surface area (Å²) < 4.78 is 1.85. The second-order valence-electron chi connectivity index (χ2n) is 4.83. The van der Waals surface area contributed by atoms with Crippen LogP contribution in [-0.4, -0.2) is 39.2 Å². The zero-order valence-electron chi connectivity index (χ0n) is 10.2. The van der Waals surface area contributed by atoms with E-state index < -0.39 is 0 Å². The van der Waals surface area contributed by atoms with Crippen molar-refractivity contribution in [3.63, 3.8) is 0 Å². The van der Waals surface area contributed by atoms with E-state index in [1.54, 1.807) is 6.20 Å².